The summed E-state index contributed by atoms with van der Waals surface area (Å²) in [6.07, 6.45) is 2.41. The molecule has 2 aromatic heterocycles. The maximum atomic E-state index is 11.8. The Morgan fingerprint density at radius 3 is 2.67 bits per heavy atom. The number of fused-ring (bicyclic) bond motifs is 1. The van der Waals surface area contributed by atoms with Gasteiger partial charge in [-0.25, -0.2) is 8.42 Å². The van der Waals surface area contributed by atoms with Crippen LogP contribution >= 0.6 is 11.3 Å². The highest BCUT2D eigenvalue weighted by molar-refractivity contribution is 7.90. The topological polar surface area (TPSA) is 56.1 Å². The third kappa shape index (κ3) is 1.59. The molecule has 2 rings (SSSR count). The van der Waals surface area contributed by atoms with Gasteiger partial charge in [-0.1, -0.05) is 0 Å². The second kappa shape index (κ2) is 3.18. The van der Waals surface area contributed by atoms with Crippen LogP contribution in [-0.4, -0.2) is 19.2 Å². The zero-order chi connectivity index (χ0) is 11.2. The summed E-state index contributed by atoms with van der Waals surface area (Å²) in [5.41, 5.74) is 0.359. The predicted octanol–water partition coefficient (Wildman–Crippen LogP) is 1.00. The van der Waals surface area contributed by atoms with E-state index in [0.717, 1.165) is 11.8 Å². The van der Waals surface area contributed by atoms with Crippen LogP contribution in [0, 0.1) is 0 Å². The summed E-state index contributed by atoms with van der Waals surface area (Å²) < 4.78 is 24.9. The van der Waals surface area contributed by atoms with Gasteiger partial charge in [-0.15, -0.1) is 11.3 Å². The van der Waals surface area contributed by atoms with E-state index < -0.39 is 15.3 Å². The van der Waals surface area contributed by atoms with Gasteiger partial charge in [-0.05, 0) is 11.4 Å². The van der Waals surface area contributed by atoms with Crippen LogP contribution in [0.3, 0.4) is 0 Å². The Kier molecular flexibility index (Phi) is 2.20. The van der Waals surface area contributed by atoms with E-state index in [9.17, 15) is 13.2 Å². The zero-order valence-electron chi connectivity index (χ0n) is 8.22. The fraction of sp³-hybridized carbons (Fsp3) is 0.222. The van der Waals surface area contributed by atoms with E-state index >= 15 is 0 Å². The number of nitrogens with zero attached hydrogens (tertiary/aromatic N) is 1. The molecule has 0 N–H and O–H groups in total. The quantitative estimate of drug-likeness (QED) is 0.751. The molecule has 0 bridgehead atoms. The van der Waals surface area contributed by atoms with Crippen LogP contribution in [0.1, 0.15) is 0 Å². The highest BCUT2D eigenvalue weighted by Crippen LogP contribution is 2.18. The van der Waals surface area contributed by atoms with Gasteiger partial charge in [-0.2, -0.15) is 0 Å². The van der Waals surface area contributed by atoms with Gasteiger partial charge >= 0.3 is 0 Å². The minimum atomic E-state index is -3.45. The Bertz CT molecular complexity index is 679. The van der Waals surface area contributed by atoms with E-state index in [1.165, 1.54) is 17.5 Å². The maximum Gasteiger partial charge on any atom is 0.217 e. The van der Waals surface area contributed by atoms with Crippen molar-refractivity contribution >= 4 is 31.4 Å². The molecule has 0 aliphatic heterocycles. The van der Waals surface area contributed by atoms with E-state index in [0.29, 0.717) is 4.70 Å². The summed E-state index contributed by atoms with van der Waals surface area (Å²) in [4.78, 5) is 11.7. The molecule has 80 valence electrons. The number of pyridine rings is 1. The van der Waals surface area contributed by atoms with Gasteiger partial charge in [-0.3, -0.25) is 4.79 Å². The van der Waals surface area contributed by atoms with Gasteiger partial charge in [0.25, 0.3) is 0 Å². The van der Waals surface area contributed by atoms with Crippen LogP contribution in [0.25, 0.3) is 10.2 Å². The number of hydrogen-bond acceptors (Lipinski definition) is 4. The fourth-order valence-corrected chi connectivity index (χ4v) is 3.17. The van der Waals surface area contributed by atoms with Crippen molar-refractivity contribution in [1.29, 1.82) is 0 Å². The summed E-state index contributed by atoms with van der Waals surface area (Å²) in [6, 6.07) is 1.80. The largest absolute Gasteiger partial charge is 0.348 e. The molecule has 2 aromatic rings. The lowest BCUT2D eigenvalue weighted by molar-refractivity contribution is 0.600. The molecule has 6 heteroatoms. The summed E-state index contributed by atoms with van der Waals surface area (Å²) >= 11 is 1.26. The van der Waals surface area contributed by atoms with Crippen LogP contribution < -0.4 is 5.43 Å². The second-order valence-corrected chi connectivity index (χ2v) is 6.24. The van der Waals surface area contributed by atoms with Crippen LogP contribution in [0.5, 0.6) is 0 Å². The standard InChI is InChI=1S/C9H9NO3S2/c1-10-5-7(15(2,12)13)8(11)9-6(10)3-4-14-9/h3-5H,1-2H3. The molecule has 4 nitrogen and oxygen atoms in total. The number of sulfone groups is 1. The molecule has 0 radical (unpaired) electrons. The van der Waals surface area contributed by atoms with Gasteiger partial charge in [0, 0.05) is 19.5 Å². The molecule has 0 fully saturated rings. The highest BCUT2D eigenvalue weighted by atomic mass is 32.2. The first-order valence-electron chi connectivity index (χ1n) is 4.18. The number of rotatable bonds is 1. The molecule has 0 atom stereocenters. The summed E-state index contributed by atoms with van der Waals surface area (Å²) in [5.74, 6) is 0. The molecule has 0 amide bonds. The van der Waals surface area contributed by atoms with Gasteiger partial charge in [0.1, 0.15) is 4.90 Å². The van der Waals surface area contributed by atoms with Crippen molar-refractivity contribution in [2.24, 2.45) is 7.05 Å². The predicted molar refractivity (Wildman–Crippen MR) is 60.2 cm³/mol. The number of aryl methyl sites for hydroxylation is 1. The van der Waals surface area contributed by atoms with Crippen molar-refractivity contribution in [3.05, 3.63) is 27.9 Å². The number of hydrogen-bond donors (Lipinski definition) is 0. The Morgan fingerprint density at radius 2 is 2.07 bits per heavy atom. The molecule has 0 spiro atoms. The fourth-order valence-electron chi connectivity index (χ4n) is 1.43. The van der Waals surface area contributed by atoms with Crippen LogP contribution in [-0.2, 0) is 16.9 Å². The third-order valence-electron chi connectivity index (χ3n) is 2.16. The number of thiophene rings is 1. The SMILES string of the molecule is Cn1cc(S(C)(=O)=O)c(=O)c2sccc21. The average molecular weight is 243 g/mol. The smallest absolute Gasteiger partial charge is 0.217 e. The second-order valence-electron chi connectivity index (χ2n) is 3.34. The first kappa shape index (κ1) is 10.4. The summed E-state index contributed by atoms with van der Waals surface area (Å²) in [5, 5.41) is 1.78. The average Bonchev–Trinajstić information content (AvgIpc) is 2.58. The first-order valence-corrected chi connectivity index (χ1v) is 6.95. The van der Waals surface area contributed by atoms with Gasteiger partial charge < -0.3 is 4.57 Å². The van der Waals surface area contributed by atoms with Crippen molar-refractivity contribution in [3.63, 3.8) is 0 Å². The van der Waals surface area contributed by atoms with Crippen molar-refractivity contribution < 1.29 is 8.42 Å². The minimum Gasteiger partial charge on any atom is -0.348 e. The van der Waals surface area contributed by atoms with E-state index in [4.69, 9.17) is 0 Å². The normalized spacial score (nSPS) is 12.1. The molecule has 0 saturated heterocycles. The molecule has 0 aliphatic carbocycles. The molecule has 0 aliphatic rings. The van der Waals surface area contributed by atoms with Gasteiger partial charge in [0.15, 0.2) is 9.84 Å². The van der Waals surface area contributed by atoms with Crippen molar-refractivity contribution in [3.8, 4) is 0 Å². The monoisotopic (exact) mass is 243 g/mol. The Morgan fingerprint density at radius 1 is 1.40 bits per heavy atom. The molecule has 0 unspecified atom stereocenters. The van der Waals surface area contributed by atoms with Crippen molar-refractivity contribution in [2.75, 3.05) is 6.26 Å². The van der Waals surface area contributed by atoms with Crippen molar-refractivity contribution in [2.45, 2.75) is 4.90 Å². The molecule has 0 saturated carbocycles. The Balaban J connectivity index is 3.03. The third-order valence-corrected chi connectivity index (χ3v) is 4.16. The Hall–Kier alpha value is -1.14. The minimum absolute atomic E-state index is 0.139. The molecular weight excluding hydrogens is 234 g/mol. The van der Waals surface area contributed by atoms with Crippen LogP contribution in [0.2, 0.25) is 0 Å². The van der Waals surface area contributed by atoms with E-state index in [-0.39, 0.29) is 4.90 Å². The molecular formula is C9H9NO3S2. The van der Waals surface area contributed by atoms with Crippen LogP contribution in [0.15, 0.2) is 27.3 Å². The summed E-state index contributed by atoms with van der Waals surface area (Å²) in [7, 11) is -1.73. The van der Waals surface area contributed by atoms with E-state index in [1.807, 2.05) is 0 Å². The highest BCUT2D eigenvalue weighted by Gasteiger charge is 2.16. The zero-order valence-corrected chi connectivity index (χ0v) is 9.85. The Labute approximate surface area is 90.7 Å². The van der Waals surface area contributed by atoms with Crippen molar-refractivity contribution in [1.82, 2.24) is 4.57 Å². The lowest BCUT2D eigenvalue weighted by Crippen LogP contribution is -2.15. The molecule has 0 aromatic carbocycles. The molecule has 2 heterocycles. The summed E-state index contributed by atoms with van der Waals surface area (Å²) in [6.45, 7) is 0. The number of aromatic nitrogens is 1. The van der Waals surface area contributed by atoms with Crippen LogP contribution in [0.4, 0.5) is 0 Å². The van der Waals surface area contributed by atoms with Gasteiger partial charge in [0.05, 0.1) is 10.2 Å². The first-order chi connectivity index (χ1) is 6.91. The maximum absolute atomic E-state index is 11.8. The van der Waals surface area contributed by atoms with E-state index in [2.05, 4.69) is 0 Å². The van der Waals surface area contributed by atoms with E-state index in [1.54, 1.807) is 23.1 Å². The molecule has 15 heavy (non-hydrogen) atoms. The van der Waals surface area contributed by atoms with Gasteiger partial charge in [0.2, 0.25) is 5.43 Å². The lowest BCUT2D eigenvalue weighted by Gasteiger charge is -2.03. The lowest BCUT2D eigenvalue weighted by atomic mass is 10.4.